The lowest BCUT2D eigenvalue weighted by atomic mass is 10.2. The molecule has 1 rings (SSSR count). The van der Waals surface area contributed by atoms with Crippen LogP contribution in [0.5, 0.6) is 0 Å². The highest BCUT2D eigenvalue weighted by Gasteiger charge is 2.14. The van der Waals surface area contributed by atoms with Crippen molar-refractivity contribution in [2.45, 2.75) is 39.3 Å². The molecule has 80 valence electrons. The SMILES string of the molecule is CC(NOC(C)(C)C)c1cnn(C)c1. The van der Waals surface area contributed by atoms with Crippen molar-refractivity contribution in [3.05, 3.63) is 18.0 Å². The number of hydrogen-bond acceptors (Lipinski definition) is 3. The maximum atomic E-state index is 5.47. The summed E-state index contributed by atoms with van der Waals surface area (Å²) in [4.78, 5) is 5.47. The summed E-state index contributed by atoms with van der Waals surface area (Å²) in [6.07, 6.45) is 3.81. The van der Waals surface area contributed by atoms with Crippen LogP contribution in [-0.2, 0) is 11.9 Å². The van der Waals surface area contributed by atoms with Gasteiger partial charge < -0.3 is 0 Å². The van der Waals surface area contributed by atoms with Gasteiger partial charge in [0.25, 0.3) is 0 Å². The third-order valence-electron chi connectivity index (χ3n) is 1.77. The van der Waals surface area contributed by atoms with Crippen molar-refractivity contribution in [2.24, 2.45) is 7.05 Å². The van der Waals surface area contributed by atoms with E-state index in [1.165, 1.54) is 0 Å². The fraction of sp³-hybridized carbons (Fsp3) is 0.700. The number of aromatic nitrogens is 2. The highest BCUT2D eigenvalue weighted by Crippen LogP contribution is 2.13. The first-order chi connectivity index (χ1) is 6.38. The Morgan fingerprint density at radius 2 is 2.14 bits per heavy atom. The summed E-state index contributed by atoms with van der Waals surface area (Å²) in [5, 5.41) is 4.10. The van der Waals surface area contributed by atoms with Gasteiger partial charge in [0.1, 0.15) is 0 Å². The van der Waals surface area contributed by atoms with E-state index in [4.69, 9.17) is 4.84 Å². The third kappa shape index (κ3) is 3.47. The second-order valence-corrected chi connectivity index (χ2v) is 4.50. The summed E-state index contributed by atoms with van der Waals surface area (Å²) in [7, 11) is 1.90. The molecule has 1 N–H and O–H groups in total. The largest absolute Gasteiger partial charge is 0.296 e. The Morgan fingerprint density at radius 3 is 2.57 bits per heavy atom. The van der Waals surface area contributed by atoms with E-state index < -0.39 is 0 Å². The fourth-order valence-corrected chi connectivity index (χ4v) is 0.997. The van der Waals surface area contributed by atoms with Gasteiger partial charge >= 0.3 is 0 Å². The molecule has 4 nitrogen and oxygen atoms in total. The van der Waals surface area contributed by atoms with Crippen molar-refractivity contribution in [3.8, 4) is 0 Å². The molecule has 0 bridgehead atoms. The molecular weight excluding hydrogens is 178 g/mol. The molecule has 0 aliphatic carbocycles. The predicted molar refractivity (Wildman–Crippen MR) is 55.6 cm³/mol. The summed E-state index contributed by atoms with van der Waals surface area (Å²) >= 11 is 0. The summed E-state index contributed by atoms with van der Waals surface area (Å²) in [5.74, 6) is 0. The molecule has 0 aliphatic rings. The molecular formula is C10H19N3O. The minimum absolute atomic E-state index is 0.155. The molecule has 0 aromatic carbocycles. The summed E-state index contributed by atoms with van der Waals surface area (Å²) in [6.45, 7) is 8.07. The minimum Gasteiger partial charge on any atom is -0.296 e. The van der Waals surface area contributed by atoms with Gasteiger partial charge in [-0.3, -0.25) is 9.52 Å². The van der Waals surface area contributed by atoms with Crippen molar-refractivity contribution < 1.29 is 4.84 Å². The molecule has 14 heavy (non-hydrogen) atoms. The van der Waals surface area contributed by atoms with Crippen LogP contribution in [0, 0.1) is 0 Å². The lowest BCUT2D eigenvalue weighted by Gasteiger charge is -2.22. The van der Waals surface area contributed by atoms with Crippen molar-refractivity contribution in [1.82, 2.24) is 15.3 Å². The molecule has 0 saturated heterocycles. The van der Waals surface area contributed by atoms with Crippen LogP contribution in [0.3, 0.4) is 0 Å². The Morgan fingerprint density at radius 1 is 1.50 bits per heavy atom. The van der Waals surface area contributed by atoms with Crippen LogP contribution >= 0.6 is 0 Å². The van der Waals surface area contributed by atoms with Crippen LogP contribution in [0.25, 0.3) is 0 Å². The van der Waals surface area contributed by atoms with Crippen molar-refractivity contribution >= 4 is 0 Å². The zero-order valence-electron chi connectivity index (χ0n) is 9.53. The van der Waals surface area contributed by atoms with E-state index in [-0.39, 0.29) is 11.6 Å². The molecule has 1 atom stereocenters. The third-order valence-corrected chi connectivity index (χ3v) is 1.77. The van der Waals surface area contributed by atoms with Crippen LogP contribution in [-0.4, -0.2) is 15.4 Å². The minimum atomic E-state index is -0.170. The summed E-state index contributed by atoms with van der Waals surface area (Å²) < 4.78 is 1.78. The predicted octanol–water partition coefficient (Wildman–Crippen LogP) is 1.80. The molecule has 0 fully saturated rings. The smallest absolute Gasteiger partial charge is 0.0813 e. The van der Waals surface area contributed by atoms with Crippen molar-refractivity contribution in [1.29, 1.82) is 0 Å². The number of nitrogens with zero attached hydrogens (tertiary/aromatic N) is 2. The van der Waals surface area contributed by atoms with Crippen LogP contribution < -0.4 is 5.48 Å². The molecule has 0 spiro atoms. The first-order valence-electron chi connectivity index (χ1n) is 4.80. The summed E-state index contributed by atoms with van der Waals surface area (Å²) in [5.41, 5.74) is 3.95. The van der Waals surface area contributed by atoms with Crippen LogP contribution in [0.15, 0.2) is 12.4 Å². The van der Waals surface area contributed by atoms with Gasteiger partial charge in [0, 0.05) is 18.8 Å². The van der Waals surface area contributed by atoms with Crippen molar-refractivity contribution in [2.75, 3.05) is 0 Å². The average Bonchev–Trinajstić information content (AvgIpc) is 2.46. The highest BCUT2D eigenvalue weighted by molar-refractivity contribution is 5.08. The molecule has 1 aromatic rings. The number of rotatable bonds is 3. The van der Waals surface area contributed by atoms with E-state index in [2.05, 4.69) is 10.6 Å². The first kappa shape index (κ1) is 11.2. The maximum absolute atomic E-state index is 5.47. The Bertz CT molecular complexity index is 288. The summed E-state index contributed by atoms with van der Waals surface area (Å²) in [6, 6.07) is 0.155. The zero-order valence-corrected chi connectivity index (χ0v) is 9.53. The van der Waals surface area contributed by atoms with Gasteiger partial charge in [0.05, 0.1) is 17.8 Å². The lowest BCUT2D eigenvalue weighted by molar-refractivity contribution is -0.0866. The Kier molecular flexibility index (Phi) is 3.29. The topological polar surface area (TPSA) is 39.1 Å². The second-order valence-electron chi connectivity index (χ2n) is 4.50. The van der Waals surface area contributed by atoms with Crippen LogP contribution in [0.2, 0.25) is 0 Å². The van der Waals surface area contributed by atoms with Crippen LogP contribution in [0.1, 0.15) is 39.3 Å². The molecule has 0 amide bonds. The molecule has 0 aliphatic heterocycles. The average molecular weight is 197 g/mol. The molecule has 4 heteroatoms. The second kappa shape index (κ2) is 4.11. The zero-order chi connectivity index (χ0) is 10.8. The van der Waals surface area contributed by atoms with E-state index in [1.807, 2.05) is 47.1 Å². The normalized spacial score (nSPS) is 14.4. The van der Waals surface area contributed by atoms with E-state index >= 15 is 0 Å². The van der Waals surface area contributed by atoms with Gasteiger partial charge in [-0.15, -0.1) is 0 Å². The number of nitrogens with one attached hydrogen (secondary N) is 1. The maximum Gasteiger partial charge on any atom is 0.0813 e. The van der Waals surface area contributed by atoms with Gasteiger partial charge in [-0.2, -0.15) is 10.6 Å². The van der Waals surface area contributed by atoms with E-state index in [1.54, 1.807) is 4.68 Å². The van der Waals surface area contributed by atoms with Gasteiger partial charge in [-0.25, -0.2) is 0 Å². The first-order valence-corrected chi connectivity index (χ1v) is 4.80. The van der Waals surface area contributed by atoms with Crippen molar-refractivity contribution in [3.63, 3.8) is 0 Å². The molecule has 1 heterocycles. The van der Waals surface area contributed by atoms with E-state index in [9.17, 15) is 0 Å². The van der Waals surface area contributed by atoms with Gasteiger partial charge in [0.2, 0.25) is 0 Å². The standard InChI is InChI=1S/C10H19N3O/c1-8(12-14-10(2,3)4)9-6-11-13(5)7-9/h6-8,12H,1-5H3. The highest BCUT2D eigenvalue weighted by atomic mass is 16.7. The molecule has 0 saturated carbocycles. The molecule has 1 aromatic heterocycles. The van der Waals surface area contributed by atoms with E-state index in [0.29, 0.717) is 0 Å². The van der Waals surface area contributed by atoms with E-state index in [0.717, 1.165) is 5.56 Å². The Labute approximate surface area is 85.2 Å². The van der Waals surface area contributed by atoms with Gasteiger partial charge in [-0.1, -0.05) is 0 Å². The number of hydroxylamine groups is 1. The molecule has 0 radical (unpaired) electrons. The monoisotopic (exact) mass is 197 g/mol. The number of hydrogen-bond donors (Lipinski definition) is 1. The quantitative estimate of drug-likeness (QED) is 0.751. The lowest BCUT2D eigenvalue weighted by Crippen LogP contribution is -2.30. The number of aryl methyl sites for hydroxylation is 1. The Hall–Kier alpha value is -0.870. The fourth-order valence-electron chi connectivity index (χ4n) is 0.997. The Balaban J connectivity index is 2.47. The van der Waals surface area contributed by atoms with Gasteiger partial charge in [0.15, 0.2) is 0 Å². The van der Waals surface area contributed by atoms with Crippen LogP contribution in [0.4, 0.5) is 0 Å². The molecule has 1 unspecified atom stereocenters. The van der Waals surface area contributed by atoms with Gasteiger partial charge in [-0.05, 0) is 27.7 Å².